The maximum absolute atomic E-state index is 10.2. The van der Waals surface area contributed by atoms with Crippen LogP contribution in [0.4, 0.5) is 11.8 Å². The molecule has 0 aliphatic carbocycles. The zero-order valence-corrected chi connectivity index (χ0v) is 15.6. The van der Waals surface area contributed by atoms with Crippen molar-refractivity contribution in [2.45, 2.75) is 0 Å². The number of methoxy groups -OCH3 is 1. The van der Waals surface area contributed by atoms with Crippen LogP contribution in [0, 0.1) is 0 Å². The van der Waals surface area contributed by atoms with Gasteiger partial charge in [-0.1, -0.05) is 35.3 Å². The highest BCUT2D eigenvalue weighted by Gasteiger charge is 2.12. The van der Waals surface area contributed by atoms with E-state index in [9.17, 15) is 4.79 Å². The van der Waals surface area contributed by atoms with Crippen molar-refractivity contribution in [1.29, 1.82) is 0 Å². The molecule has 0 aliphatic heterocycles. The smallest absolute Gasteiger partial charge is 0.242 e. The van der Waals surface area contributed by atoms with E-state index >= 15 is 0 Å². The molecule has 2 aromatic carbocycles. The van der Waals surface area contributed by atoms with Crippen LogP contribution in [0.25, 0.3) is 11.3 Å². The van der Waals surface area contributed by atoms with E-state index in [0.29, 0.717) is 38.9 Å². The number of aromatic hydroxyl groups is 1. The second-order valence-corrected chi connectivity index (χ2v) is 5.84. The molecule has 5 N–H and O–H groups in total. The molecule has 0 fully saturated rings. The fourth-order valence-corrected chi connectivity index (χ4v) is 2.39. The SMILES string of the molecule is COc1cc(C=O)ccc1O.Nc1nnc(-c2cccc(Cl)c2Cl)c(N)n1. The predicted octanol–water partition coefficient (Wildman–Crippen LogP) is 3.22. The van der Waals surface area contributed by atoms with E-state index in [4.69, 9.17) is 44.5 Å². The molecule has 0 saturated carbocycles. The van der Waals surface area contributed by atoms with Gasteiger partial charge in [0, 0.05) is 11.1 Å². The molecule has 0 amide bonds. The van der Waals surface area contributed by atoms with Gasteiger partial charge in [-0.15, -0.1) is 10.2 Å². The van der Waals surface area contributed by atoms with Crippen LogP contribution in [-0.2, 0) is 0 Å². The summed E-state index contributed by atoms with van der Waals surface area (Å²) in [4.78, 5) is 14.0. The second-order valence-electron chi connectivity index (χ2n) is 5.05. The Morgan fingerprint density at radius 2 is 1.89 bits per heavy atom. The highest BCUT2D eigenvalue weighted by atomic mass is 35.5. The van der Waals surface area contributed by atoms with Crippen molar-refractivity contribution in [3.63, 3.8) is 0 Å². The Morgan fingerprint density at radius 1 is 1.15 bits per heavy atom. The number of carbonyl (C=O) groups is 1. The first-order valence-electron chi connectivity index (χ1n) is 7.39. The summed E-state index contributed by atoms with van der Waals surface area (Å²) in [6, 6.07) is 9.55. The summed E-state index contributed by atoms with van der Waals surface area (Å²) < 4.78 is 4.78. The number of nitrogen functional groups attached to an aromatic ring is 2. The average Bonchev–Trinajstić information content (AvgIpc) is 2.65. The zero-order chi connectivity index (χ0) is 20.0. The summed E-state index contributed by atoms with van der Waals surface area (Å²) in [5.74, 6) is 0.531. The van der Waals surface area contributed by atoms with Crippen LogP contribution in [0.1, 0.15) is 10.4 Å². The molecule has 0 atom stereocenters. The third-order valence-electron chi connectivity index (χ3n) is 3.28. The number of nitrogens with two attached hydrogens (primary N) is 2. The number of phenols is 1. The quantitative estimate of drug-likeness (QED) is 0.562. The van der Waals surface area contributed by atoms with Crippen molar-refractivity contribution in [3.05, 3.63) is 52.0 Å². The molecule has 3 aromatic rings. The largest absolute Gasteiger partial charge is 0.504 e. The van der Waals surface area contributed by atoms with Crippen LogP contribution in [0.15, 0.2) is 36.4 Å². The molecule has 0 saturated heterocycles. The molecular formula is C17H15Cl2N5O3. The first-order chi connectivity index (χ1) is 12.9. The van der Waals surface area contributed by atoms with Crippen molar-refractivity contribution in [2.24, 2.45) is 0 Å². The van der Waals surface area contributed by atoms with Crippen molar-refractivity contribution in [3.8, 4) is 22.8 Å². The van der Waals surface area contributed by atoms with E-state index in [1.807, 2.05) is 0 Å². The minimum Gasteiger partial charge on any atom is -0.504 e. The highest BCUT2D eigenvalue weighted by Crippen LogP contribution is 2.34. The highest BCUT2D eigenvalue weighted by molar-refractivity contribution is 6.43. The Hall–Kier alpha value is -3.10. The Balaban J connectivity index is 0.000000208. The number of aldehydes is 1. The minimum absolute atomic E-state index is 0.0133. The Labute approximate surface area is 164 Å². The average molecular weight is 408 g/mol. The van der Waals surface area contributed by atoms with Gasteiger partial charge in [0.2, 0.25) is 5.95 Å². The van der Waals surface area contributed by atoms with E-state index in [0.717, 1.165) is 0 Å². The number of anilines is 2. The summed E-state index contributed by atoms with van der Waals surface area (Å²) in [5.41, 5.74) is 12.5. The second kappa shape index (κ2) is 9.02. The van der Waals surface area contributed by atoms with Gasteiger partial charge in [-0.25, -0.2) is 0 Å². The molecule has 0 aliphatic rings. The third-order valence-corrected chi connectivity index (χ3v) is 4.10. The number of carbonyl (C=O) groups excluding carboxylic acids is 1. The standard InChI is InChI=1S/C9H7Cl2N5.C8H8O3/c10-5-3-1-2-4(6(5)11)7-8(12)14-9(13)16-15-7;1-11-8-4-6(5-9)2-3-7(8)10/h1-3H,(H4,12,13,14,16);2-5,10H,1H3. The Kier molecular flexibility index (Phi) is 6.75. The molecule has 140 valence electrons. The molecule has 8 nitrogen and oxygen atoms in total. The van der Waals surface area contributed by atoms with E-state index < -0.39 is 0 Å². The van der Waals surface area contributed by atoms with E-state index in [1.165, 1.54) is 25.3 Å². The number of ether oxygens (including phenoxy) is 1. The topological polar surface area (TPSA) is 137 Å². The summed E-state index contributed by atoms with van der Waals surface area (Å²) in [6.45, 7) is 0. The summed E-state index contributed by atoms with van der Waals surface area (Å²) >= 11 is 11.9. The Bertz CT molecular complexity index is 969. The van der Waals surface area contributed by atoms with Gasteiger partial charge < -0.3 is 21.3 Å². The lowest BCUT2D eigenvalue weighted by Gasteiger charge is -2.06. The number of nitrogens with zero attached hydrogens (tertiary/aromatic N) is 3. The molecule has 0 unspecified atom stereocenters. The molecule has 1 aromatic heterocycles. The number of halogens is 2. The lowest BCUT2D eigenvalue weighted by Crippen LogP contribution is -2.04. The number of benzene rings is 2. The van der Waals surface area contributed by atoms with Crippen molar-refractivity contribution < 1.29 is 14.6 Å². The van der Waals surface area contributed by atoms with Crippen LogP contribution < -0.4 is 16.2 Å². The van der Waals surface area contributed by atoms with Gasteiger partial charge in [0.25, 0.3) is 0 Å². The maximum Gasteiger partial charge on any atom is 0.242 e. The van der Waals surface area contributed by atoms with Crippen molar-refractivity contribution in [2.75, 3.05) is 18.6 Å². The molecule has 10 heteroatoms. The van der Waals surface area contributed by atoms with Gasteiger partial charge >= 0.3 is 0 Å². The van der Waals surface area contributed by atoms with Crippen LogP contribution >= 0.6 is 23.2 Å². The molecule has 0 spiro atoms. The monoisotopic (exact) mass is 407 g/mol. The summed E-state index contributed by atoms with van der Waals surface area (Å²) in [7, 11) is 1.43. The molecule has 0 bridgehead atoms. The van der Waals surface area contributed by atoms with Crippen molar-refractivity contribution in [1.82, 2.24) is 15.2 Å². The third kappa shape index (κ3) is 4.96. The fraction of sp³-hybridized carbons (Fsp3) is 0.0588. The number of hydrogen-bond donors (Lipinski definition) is 3. The van der Waals surface area contributed by atoms with Crippen molar-refractivity contribution >= 4 is 41.3 Å². The van der Waals surface area contributed by atoms with Crippen LogP contribution in [0.5, 0.6) is 11.5 Å². The maximum atomic E-state index is 10.2. The summed E-state index contributed by atoms with van der Waals surface area (Å²) in [6.07, 6.45) is 0.696. The van der Waals surface area contributed by atoms with Crippen LogP contribution in [0.3, 0.4) is 0 Å². The minimum atomic E-state index is 0.0133. The fourth-order valence-electron chi connectivity index (χ4n) is 2.00. The number of hydrogen-bond acceptors (Lipinski definition) is 8. The molecule has 0 radical (unpaired) electrons. The van der Waals surface area contributed by atoms with Crippen LogP contribution in [-0.4, -0.2) is 33.7 Å². The first kappa shape index (κ1) is 20.2. The molecule has 1 heterocycles. The lowest BCUT2D eigenvalue weighted by molar-refractivity contribution is 0.112. The molecule has 3 rings (SSSR count). The normalized spacial score (nSPS) is 9.89. The molecular weight excluding hydrogens is 393 g/mol. The summed E-state index contributed by atoms with van der Waals surface area (Å²) in [5, 5.41) is 17.3. The number of aromatic nitrogens is 3. The predicted molar refractivity (Wildman–Crippen MR) is 104 cm³/mol. The van der Waals surface area contributed by atoms with Gasteiger partial charge in [0.15, 0.2) is 17.3 Å². The van der Waals surface area contributed by atoms with Gasteiger partial charge in [-0.2, -0.15) is 4.98 Å². The van der Waals surface area contributed by atoms with Gasteiger partial charge in [0.05, 0.1) is 17.2 Å². The number of rotatable bonds is 3. The van der Waals surface area contributed by atoms with E-state index in [2.05, 4.69) is 15.2 Å². The number of phenolic OH excluding ortho intramolecular Hbond substituents is 1. The van der Waals surface area contributed by atoms with Gasteiger partial charge in [0.1, 0.15) is 12.0 Å². The van der Waals surface area contributed by atoms with E-state index in [-0.39, 0.29) is 17.5 Å². The van der Waals surface area contributed by atoms with E-state index in [1.54, 1.807) is 18.2 Å². The Morgan fingerprint density at radius 3 is 2.52 bits per heavy atom. The first-order valence-corrected chi connectivity index (χ1v) is 8.15. The van der Waals surface area contributed by atoms with Crippen LogP contribution in [0.2, 0.25) is 10.0 Å². The zero-order valence-electron chi connectivity index (χ0n) is 14.1. The van der Waals surface area contributed by atoms with Gasteiger partial charge in [-0.3, -0.25) is 4.79 Å². The lowest BCUT2D eigenvalue weighted by atomic mass is 10.1. The molecule has 27 heavy (non-hydrogen) atoms. The van der Waals surface area contributed by atoms with Gasteiger partial charge in [-0.05, 0) is 24.3 Å².